The van der Waals surface area contributed by atoms with Crippen LogP contribution in [-0.2, 0) is 6.54 Å². The van der Waals surface area contributed by atoms with Gasteiger partial charge in [-0.25, -0.2) is 0 Å². The number of hydrogen-bond acceptors (Lipinski definition) is 3. The average Bonchev–Trinajstić information content (AvgIpc) is 3.84. The highest BCUT2D eigenvalue weighted by Gasteiger charge is 2.46. The first-order valence-electron chi connectivity index (χ1n) is 19.5. The number of aromatic nitrogens is 1. The molecule has 2 aliphatic carbocycles. The topological polar surface area (TPSA) is 38.9 Å². The monoisotopic (exact) mass is 731 g/mol. The lowest BCUT2D eigenvalue weighted by Gasteiger charge is -2.32. The van der Waals surface area contributed by atoms with Crippen LogP contribution >= 0.6 is 0 Å². The second-order valence-corrected chi connectivity index (χ2v) is 14.9. The molecule has 4 nitrogen and oxygen atoms in total. The molecule has 1 aromatic heterocycles. The van der Waals surface area contributed by atoms with Gasteiger partial charge >= 0.3 is 0 Å². The molecule has 270 valence electrons. The number of aliphatic imine (C=N–C) groups is 2. The van der Waals surface area contributed by atoms with Gasteiger partial charge in [0, 0.05) is 39.1 Å². The van der Waals surface area contributed by atoms with Crippen molar-refractivity contribution >= 4 is 51.2 Å². The van der Waals surface area contributed by atoms with Crippen molar-refractivity contribution in [1.29, 1.82) is 0 Å². The summed E-state index contributed by atoms with van der Waals surface area (Å²) in [6.45, 7) is 4.61. The summed E-state index contributed by atoms with van der Waals surface area (Å²) >= 11 is 0. The molecule has 0 fully saturated rings. The Morgan fingerprint density at radius 3 is 1.98 bits per heavy atom. The van der Waals surface area contributed by atoms with E-state index < -0.39 is 0 Å². The Morgan fingerprint density at radius 2 is 1.23 bits per heavy atom. The lowest BCUT2D eigenvalue weighted by Crippen LogP contribution is -2.25. The van der Waals surface area contributed by atoms with Crippen LogP contribution < -0.4 is 4.74 Å². The van der Waals surface area contributed by atoms with Gasteiger partial charge in [-0.1, -0.05) is 164 Å². The summed E-state index contributed by atoms with van der Waals surface area (Å²) < 4.78 is 9.45. The summed E-state index contributed by atoms with van der Waals surface area (Å²) in [5.74, 6) is 1.85. The van der Waals surface area contributed by atoms with Crippen molar-refractivity contribution in [2.45, 2.75) is 18.6 Å². The molecule has 0 saturated heterocycles. The zero-order valence-electron chi connectivity index (χ0n) is 31.2. The molecule has 2 heterocycles. The van der Waals surface area contributed by atoms with Gasteiger partial charge in [-0.15, -0.1) is 0 Å². The molecule has 8 aromatic rings. The maximum absolute atomic E-state index is 7.20. The summed E-state index contributed by atoms with van der Waals surface area (Å²) in [4.78, 5) is 9.94. The standard InChI is InChI=1S/C53H37N3O/c1-54-46(32-49(55-33-34-15-4-2-5-16-34)56-47-25-12-10-23-42(47)43-24-11-13-26-48(43)56)37-20-14-19-36(31-37)39-28-30-45-41-22-9-8-21-40(41)44-29-27-38(35-17-6-3-7-18-35)52-50(44)51(45)53(39)57-52/h2-32,50,52H,1,33H2/b46-32-,55-49?. The molecule has 1 aliphatic heterocycles. The molecule has 11 rings (SSSR count). The lowest BCUT2D eigenvalue weighted by atomic mass is 9.69. The maximum atomic E-state index is 7.20. The van der Waals surface area contributed by atoms with Crippen molar-refractivity contribution in [1.82, 2.24) is 4.57 Å². The highest BCUT2D eigenvalue weighted by Crippen LogP contribution is 2.61. The molecule has 0 N–H and O–H groups in total. The van der Waals surface area contributed by atoms with E-state index in [1.54, 1.807) is 0 Å². The van der Waals surface area contributed by atoms with Crippen molar-refractivity contribution < 1.29 is 4.74 Å². The number of benzene rings is 7. The number of nitrogens with zero attached hydrogens (tertiary/aromatic N) is 3. The molecule has 7 aromatic carbocycles. The SMILES string of the molecule is C=N/C(=C\C(=NCc1ccccc1)n1c2ccccc2c2ccccc21)c1cccc(-c2ccc3c4c2OC2C(c5ccccc5)=CC=C(c5ccccc5-3)C42)c1. The van der Waals surface area contributed by atoms with Crippen molar-refractivity contribution in [3.05, 3.63) is 216 Å². The van der Waals surface area contributed by atoms with Gasteiger partial charge in [-0.3, -0.25) is 14.6 Å². The fraction of sp³-hybridized carbons (Fsp3) is 0.0566. The molecule has 3 aliphatic rings. The fourth-order valence-electron chi connectivity index (χ4n) is 9.20. The molecule has 4 heteroatoms. The van der Waals surface area contributed by atoms with E-state index in [1.165, 1.54) is 49.7 Å². The number of rotatable bonds is 7. The second-order valence-electron chi connectivity index (χ2n) is 14.9. The molecule has 2 atom stereocenters. The van der Waals surface area contributed by atoms with Gasteiger partial charge < -0.3 is 4.74 Å². The van der Waals surface area contributed by atoms with Gasteiger partial charge in [0.1, 0.15) is 17.7 Å². The Hall–Kier alpha value is -7.30. The molecular weight excluding hydrogens is 695 g/mol. The Labute approximate surface area is 331 Å². The largest absolute Gasteiger partial charge is 0.484 e. The number of hydrogen-bond donors (Lipinski definition) is 0. The van der Waals surface area contributed by atoms with Crippen LogP contribution in [0.1, 0.15) is 33.7 Å². The van der Waals surface area contributed by atoms with Crippen LogP contribution in [-0.4, -0.2) is 23.2 Å². The van der Waals surface area contributed by atoms with Gasteiger partial charge in [-0.05, 0) is 63.9 Å². The van der Waals surface area contributed by atoms with Crippen LogP contribution in [0, 0.1) is 0 Å². The molecule has 2 unspecified atom stereocenters. The van der Waals surface area contributed by atoms with Crippen LogP contribution in [0.25, 0.3) is 60.9 Å². The molecule has 0 amide bonds. The molecule has 0 bridgehead atoms. The molecular formula is C53H37N3O. The highest BCUT2D eigenvalue weighted by molar-refractivity contribution is 6.17. The zero-order valence-corrected chi connectivity index (χ0v) is 31.2. The third kappa shape index (κ3) is 5.37. The van der Waals surface area contributed by atoms with Crippen LogP contribution in [0.4, 0.5) is 0 Å². The fourth-order valence-corrected chi connectivity index (χ4v) is 9.20. The number of ether oxygens (including phenoxy) is 1. The van der Waals surface area contributed by atoms with Crippen LogP contribution in [0.2, 0.25) is 0 Å². The summed E-state index contributed by atoms with van der Waals surface area (Å²) in [6, 6.07) is 60.0. The van der Waals surface area contributed by atoms with Crippen LogP contribution in [0.15, 0.2) is 198 Å². The first-order chi connectivity index (χ1) is 28.2. The van der Waals surface area contributed by atoms with E-state index in [2.05, 4.69) is 198 Å². The molecule has 0 saturated carbocycles. The minimum Gasteiger partial charge on any atom is -0.484 e. The highest BCUT2D eigenvalue weighted by atomic mass is 16.5. The average molecular weight is 732 g/mol. The predicted molar refractivity (Wildman–Crippen MR) is 237 cm³/mol. The number of allylic oxidation sites excluding steroid dienone is 3. The summed E-state index contributed by atoms with van der Waals surface area (Å²) in [7, 11) is 0. The van der Waals surface area contributed by atoms with E-state index in [-0.39, 0.29) is 12.0 Å². The van der Waals surface area contributed by atoms with Gasteiger partial charge in [0.2, 0.25) is 0 Å². The number of para-hydroxylation sites is 2. The quantitative estimate of drug-likeness (QED) is 0.119. The Balaban J connectivity index is 1.05. The van der Waals surface area contributed by atoms with Crippen molar-refractivity contribution in [2.24, 2.45) is 9.98 Å². The van der Waals surface area contributed by atoms with Crippen molar-refractivity contribution in [2.75, 3.05) is 0 Å². The molecule has 0 radical (unpaired) electrons. The third-order valence-corrected chi connectivity index (χ3v) is 11.8. The first kappa shape index (κ1) is 33.1. The third-order valence-electron chi connectivity index (χ3n) is 11.8. The van der Waals surface area contributed by atoms with E-state index in [9.17, 15) is 0 Å². The van der Waals surface area contributed by atoms with Crippen LogP contribution in [0.3, 0.4) is 0 Å². The summed E-state index contributed by atoms with van der Waals surface area (Å²) in [5, 5.41) is 2.36. The van der Waals surface area contributed by atoms with Crippen molar-refractivity contribution in [3.8, 4) is 28.0 Å². The minimum atomic E-state index is -0.126. The maximum Gasteiger partial charge on any atom is 0.135 e. The Bertz CT molecular complexity index is 2980. The predicted octanol–water partition coefficient (Wildman–Crippen LogP) is 12.7. The minimum absolute atomic E-state index is 0.105. The van der Waals surface area contributed by atoms with Gasteiger partial charge in [0.25, 0.3) is 0 Å². The van der Waals surface area contributed by atoms with E-state index in [1.807, 2.05) is 6.07 Å². The van der Waals surface area contributed by atoms with E-state index in [0.29, 0.717) is 6.54 Å². The van der Waals surface area contributed by atoms with Crippen LogP contribution in [0.5, 0.6) is 5.75 Å². The normalized spacial score (nSPS) is 16.8. The molecule has 57 heavy (non-hydrogen) atoms. The van der Waals surface area contributed by atoms with E-state index in [4.69, 9.17) is 9.73 Å². The van der Waals surface area contributed by atoms with E-state index >= 15 is 0 Å². The van der Waals surface area contributed by atoms with Gasteiger partial charge in [0.05, 0.1) is 29.2 Å². The summed E-state index contributed by atoms with van der Waals surface area (Å²) in [6.07, 6.45) is 6.53. The second kappa shape index (κ2) is 13.5. The molecule has 0 spiro atoms. The number of fused-ring (bicyclic) bond motifs is 6. The van der Waals surface area contributed by atoms with Gasteiger partial charge in [-0.2, -0.15) is 0 Å². The smallest absolute Gasteiger partial charge is 0.135 e. The summed E-state index contributed by atoms with van der Waals surface area (Å²) in [5.41, 5.74) is 15.9. The Kier molecular flexibility index (Phi) is 7.82. The Morgan fingerprint density at radius 1 is 0.596 bits per heavy atom. The van der Waals surface area contributed by atoms with Crippen molar-refractivity contribution in [3.63, 3.8) is 0 Å². The van der Waals surface area contributed by atoms with E-state index in [0.717, 1.165) is 50.6 Å². The van der Waals surface area contributed by atoms with Gasteiger partial charge in [0.15, 0.2) is 0 Å². The zero-order chi connectivity index (χ0) is 37.9. The lowest BCUT2D eigenvalue weighted by molar-refractivity contribution is 0.282. The first-order valence-corrected chi connectivity index (χ1v) is 19.5.